The summed E-state index contributed by atoms with van der Waals surface area (Å²) in [7, 11) is 0. The monoisotopic (exact) mass is 288 g/mol. The number of hydrogen-bond acceptors (Lipinski definition) is 0. The van der Waals surface area contributed by atoms with Crippen molar-refractivity contribution in [1.82, 2.24) is 0 Å². The minimum Gasteiger partial charge on any atom is -0.339 e. The summed E-state index contributed by atoms with van der Waals surface area (Å²) in [5, 5.41) is 10.2. The van der Waals surface area contributed by atoms with Crippen LogP contribution < -0.4 is 21.3 Å². The molecule has 0 bridgehead atoms. The quantitative estimate of drug-likeness (QED) is 0.377. The van der Waals surface area contributed by atoms with E-state index < -0.39 is 0 Å². The molecule has 0 unspecified atom stereocenters. The molecule has 0 radical (unpaired) electrons. The van der Waals surface area contributed by atoms with E-state index in [9.17, 15) is 0 Å². The van der Waals surface area contributed by atoms with Crippen molar-refractivity contribution in [2.75, 3.05) is 26.2 Å². The number of hydrogen-bond donors (Lipinski definition) is 4. The lowest BCUT2D eigenvalue weighted by molar-refractivity contribution is -0.799. The van der Waals surface area contributed by atoms with E-state index in [4.69, 9.17) is 0 Å². The van der Waals surface area contributed by atoms with Crippen molar-refractivity contribution in [1.29, 1.82) is 0 Å². The standard InChI is InChI=1S/C16H36N4/c1-13-11-15(3,4)19-10-8-18-14(2)12-16(5,6)20-9-7-17-13/h13-14,17-20H,7-12H2,1-6H3/p+4/t13-,14-/m0/s1. The fourth-order valence-corrected chi connectivity index (χ4v) is 3.70. The van der Waals surface area contributed by atoms with Crippen LogP contribution in [0.3, 0.4) is 0 Å². The molecule has 0 spiro atoms. The molecule has 120 valence electrons. The van der Waals surface area contributed by atoms with Crippen LogP contribution in [0.2, 0.25) is 0 Å². The highest BCUT2D eigenvalue weighted by atomic mass is 15.1. The van der Waals surface area contributed by atoms with Crippen molar-refractivity contribution >= 4 is 0 Å². The van der Waals surface area contributed by atoms with Crippen LogP contribution in [0.4, 0.5) is 0 Å². The van der Waals surface area contributed by atoms with Gasteiger partial charge < -0.3 is 21.3 Å². The second-order valence-corrected chi connectivity index (χ2v) is 8.37. The molecule has 0 saturated carbocycles. The second-order valence-electron chi connectivity index (χ2n) is 8.37. The average molecular weight is 289 g/mol. The summed E-state index contributed by atoms with van der Waals surface area (Å²) in [6, 6.07) is 1.45. The Kier molecular flexibility index (Phi) is 6.92. The first-order valence-corrected chi connectivity index (χ1v) is 8.56. The van der Waals surface area contributed by atoms with Gasteiger partial charge in [0.25, 0.3) is 0 Å². The summed E-state index contributed by atoms with van der Waals surface area (Å²) in [6.07, 6.45) is 2.57. The van der Waals surface area contributed by atoms with E-state index in [1.807, 2.05) is 0 Å². The minimum absolute atomic E-state index is 0.375. The Balaban J connectivity index is 2.55. The molecule has 8 N–H and O–H groups in total. The topological polar surface area (TPSA) is 66.4 Å². The van der Waals surface area contributed by atoms with Gasteiger partial charge in [-0.15, -0.1) is 0 Å². The van der Waals surface area contributed by atoms with Crippen LogP contribution >= 0.6 is 0 Å². The number of rotatable bonds is 0. The predicted molar refractivity (Wildman–Crippen MR) is 83.5 cm³/mol. The van der Waals surface area contributed by atoms with Gasteiger partial charge in [0.15, 0.2) is 0 Å². The van der Waals surface area contributed by atoms with Gasteiger partial charge in [0.05, 0.1) is 36.0 Å². The molecule has 1 aliphatic heterocycles. The molecule has 2 atom stereocenters. The summed E-state index contributed by atoms with van der Waals surface area (Å²) in [4.78, 5) is 0. The highest BCUT2D eigenvalue weighted by molar-refractivity contribution is 4.69. The molecule has 0 aromatic carbocycles. The highest BCUT2D eigenvalue weighted by Crippen LogP contribution is 2.04. The van der Waals surface area contributed by atoms with Gasteiger partial charge in [-0.05, 0) is 41.5 Å². The Bertz CT molecular complexity index is 248. The summed E-state index contributed by atoms with van der Waals surface area (Å²) in [5.74, 6) is 0. The first-order chi connectivity index (χ1) is 9.20. The smallest absolute Gasteiger partial charge is 0.126 e. The fraction of sp³-hybridized carbons (Fsp3) is 1.00. The van der Waals surface area contributed by atoms with Gasteiger partial charge in [-0.2, -0.15) is 0 Å². The van der Waals surface area contributed by atoms with Gasteiger partial charge >= 0.3 is 0 Å². The summed E-state index contributed by atoms with van der Waals surface area (Å²) < 4.78 is 0. The van der Waals surface area contributed by atoms with Gasteiger partial charge in [0.2, 0.25) is 0 Å². The molecule has 1 fully saturated rings. The van der Waals surface area contributed by atoms with Crippen LogP contribution in [0.1, 0.15) is 54.4 Å². The Morgan fingerprint density at radius 3 is 1.35 bits per heavy atom. The lowest BCUT2D eigenvalue weighted by Gasteiger charge is -2.28. The largest absolute Gasteiger partial charge is 0.339 e. The van der Waals surface area contributed by atoms with E-state index >= 15 is 0 Å². The van der Waals surface area contributed by atoms with Crippen LogP contribution in [-0.2, 0) is 0 Å². The van der Waals surface area contributed by atoms with Crippen LogP contribution in [-0.4, -0.2) is 49.3 Å². The molecule has 4 heteroatoms. The average Bonchev–Trinajstić information content (AvgIpc) is 2.28. The van der Waals surface area contributed by atoms with E-state index in [1.165, 1.54) is 39.0 Å². The first-order valence-electron chi connectivity index (χ1n) is 8.56. The zero-order valence-corrected chi connectivity index (χ0v) is 14.7. The molecule has 0 amide bonds. The first kappa shape index (κ1) is 17.9. The van der Waals surface area contributed by atoms with Crippen molar-refractivity contribution in [2.24, 2.45) is 0 Å². The van der Waals surface area contributed by atoms with Gasteiger partial charge in [-0.1, -0.05) is 0 Å². The van der Waals surface area contributed by atoms with E-state index in [0.717, 1.165) is 12.1 Å². The van der Waals surface area contributed by atoms with Crippen molar-refractivity contribution in [3.8, 4) is 0 Å². The van der Waals surface area contributed by atoms with Gasteiger partial charge in [-0.25, -0.2) is 0 Å². The third kappa shape index (κ3) is 7.58. The zero-order chi connectivity index (χ0) is 15.2. The van der Waals surface area contributed by atoms with Crippen molar-refractivity contribution in [3.63, 3.8) is 0 Å². The van der Waals surface area contributed by atoms with Crippen LogP contribution in [0.15, 0.2) is 0 Å². The van der Waals surface area contributed by atoms with Gasteiger partial charge in [0, 0.05) is 0 Å². The lowest BCUT2D eigenvalue weighted by atomic mass is 9.94. The van der Waals surface area contributed by atoms with Gasteiger partial charge in [0.1, 0.15) is 26.2 Å². The van der Waals surface area contributed by atoms with E-state index in [-0.39, 0.29) is 0 Å². The Morgan fingerprint density at radius 2 is 1.00 bits per heavy atom. The second kappa shape index (κ2) is 7.74. The Hall–Kier alpha value is -0.160. The molecule has 0 aliphatic carbocycles. The molecule has 1 saturated heterocycles. The number of nitrogens with two attached hydrogens (primary N) is 4. The molecule has 4 nitrogen and oxygen atoms in total. The van der Waals surface area contributed by atoms with Crippen molar-refractivity contribution < 1.29 is 21.3 Å². The molecule has 20 heavy (non-hydrogen) atoms. The van der Waals surface area contributed by atoms with Crippen LogP contribution in [0.25, 0.3) is 0 Å². The van der Waals surface area contributed by atoms with Crippen molar-refractivity contribution in [2.45, 2.75) is 77.5 Å². The maximum atomic E-state index is 2.55. The molecule has 1 rings (SSSR count). The maximum Gasteiger partial charge on any atom is 0.126 e. The highest BCUT2D eigenvalue weighted by Gasteiger charge is 2.29. The molecular formula is C16H40N4+4. The molecular weight excluding hydrogens is 248 g/mol. The SMILES string of the molecule is C[C@H]1CC(C)(C)[NH2+]CC[NH2+][C@@H](C)CC(C)(C)[NH2+]CC[NH2+]1. The number of quaternary nitrogens is 4. The summed E-state index contributed by atoms with van der Waals surface area (Å²) in [5.41, 5.74) is 0.750. The molecule has 1 heterocycles. The lowest BCUT2D eigenvalue weighted by Crippen LogP contribution is -3.06. The molecule has 0 aromatic heterocycles. The summed E-state index contributed by atoms with van der Waals surface area (Å²) >= 11 is 0. The van der Waals surface area contributed by atoms with Crippen molar-refractivity contribution in [3.05, 3.63) is 0 Å². The Morgan fingerprint density at radius 1 is 0.650 bits per heavy atom. The minimum atomic E-state index is 0.375. The molecule has 1 aliphatic rings. The van der Waals surface area contributed by atoms with Crippen LogP contribution in [0.5, 0.6) is 0 Å². The Labute approximate surface area is 125 Å². The van der Waals surface area contributed by atoms with Crippen LogP contribution in [0, 0.1) is 0 Å². The fourth-order valence-electron chi connectivity index (χ4n) is 3.70. The third-order valence-electron chi connectivity index (χ3n) is 4.56. The van der Waals surface area contributed by atoms with Gasteiger partial charge in [-0.3, -0.25) is 0 Å². The third-order valence-corrected chi connectivity index (χ3v) is 4.56. The maximum absolute atomic E-state index is 2.55. The normalized spacial score (nSPS) is 33.3. The zero-order valence-electron chi connectivity index (χ0n) is 14.7. The predicted octanol–water partition coefficient (Wildman–Crippen LogP) is -2.63. The van der Waals surface area contributed by atoms with E-state index in [0.29, 0.717) is 11.1 Å². The van der Waals surface area contributed by atoms with E-state index in [1.54, 1.807) is 0 Å². The molecule has 0 aromatic rings. The van der Waals surface area contributed by atoms with E-state index in [2.05, 4.69) is 62.8 Å². The summed E-state index contributed by atoms with van der Waals surface area (Å²) in [6.45, 7) is 19.2.